The highest BCUT2D eigenvalue weighted by Crippen LogP contribution is 2.31. The molecule has 0 bridgehead atoms. The summed E-state index contributed by atoms with van der Waals surface area (Å²) in [7, 11) is 2.10. The van der Waals surface area contributed by atoms with Crippen molar-refractivity contribution in [3.63, 3.8) is 0 Å². The third-order valence-electron chi connectivity index (χ3n) is 3.65. The van der Waals surface area contributed by atoms with E-state index < -0.39 is 0 Å². The highest BCUT2D eigenvalue weighted by Gasteiger charge is 2.28. The molecular formula is C12H19BrN4. The lowest BCUT2D eigenvalue weighted by Gasteiger charge is -2.38. The molecule has 1 aliphatic rings. The summed E-state index contributed by atoms with van der Waals surface area (Å²) in [5.41, 5.74) is 5.88. The maximum absolute atomic E-state index is 5.88. The normalized spacial score (nSPS) is 24.6. The minimum Gasteiger partial charge on any atom is -0.355 e. The summed E-state index contributed by atoms with van der Waals surface area (Å²) in [4.78, 5) is 10.6. The summed E-state index contributed by atoms with van der Waals surface area (Å²) in [6.07, 6.45) is 8.41. The van der Waals surface area contributed by atoms with Crippen molar-refractivity contribution in [3.05, 3.63) is 17.0 Å². The average molecular weight is 299 g/mol. The van der Waals surface area contributed by atoms with E-state index in [1.165, 1.54) is 25.7 Å². The van der Waals surface area contributed by atoms with Crippen LogP contribution in [0.25, 0.3) is 0 Å². The van der Waals surface area contributed by atoms with Gasteiger partial charge in [-0.2, -0.15) is 0 Å². The summed E-state index contributed by atoms with van der Waals surface area (Å²) in [5, 5.41) is 0. The van der Waals surface area contributed by atoms with E-state index in [9.17, 15) is 0 Å². The molecule has 1 saturated carbocycles. The van der Waals surface area contributed by atoms with Crippen molar-refractivity contribution in [2.24, 2.45) is 11.7 Å². The fourth-order valence-corrected chi connectivity index (χ4v) is 3.20. The zero-order chi connectivity index (χ0) is 12.3. The summed E-state index contributed by atoms with van der Waals surface area (Å²) >= 11 is 3.51. The van der Waals surface area contributed by atoms with E-state index in [0.717, 1.165) is 16.8 Å². The molecule has 1 aromatic heterocycles. The topological polar surface area (TPSA) is 55.0 Å². The monoisotopic (exact) mass is 298 g/mol. The minimum atomic E-state index is 0.500. The van der Waals surface area contributed by atoms with Gasteiger partial charge in [-0.3, -0.25) is 0 Å². The predicted molar refractivity (Wildman–Crippen MR) is 72.9 cm³/mol. The molecule has 2 atom stereocenters. The van der Waals surface area contributed by atoms with E-state index in [1.807, 2.05) is 0 Å². The van der Waals surface area contributed by atoms with Crippen molar-refractivity contribution in [2.45, 2.75) is 31.7 Å². The van der Waals surface area contributed by atoms with Crippen LogP contribution < -0.4 is 10.6 Å². The second kappa shape index (κ2) is 5.78. The molecule has 94 valence electrons. The molecular weight excluding hydrogens is 280 g/mol. The van der Waals surface area contributed by atoms with E-state index in [2.05, 4.69) is 37.8 Å². The van der Waals surface area contributed by atoms with Crippen molar-refractivity contribution in [1.29, 1.82) is 0 Å². The zero-order valence-corrected chi connectivity index (χ0v) is 11.7. The van der Waals surface area contributed by atoms with Crippen LogP contribution in [0, 0.1) is 5.92 Å². The summed E-state index contributed by atoms with van der Waals surface area (Å²) < 4.78 is 0.948. The molecule has 1 aromatic rings. The molecule has 2 unspecified atom stereocenters. The van der Waals surface area contributed by atoms with Crippen molar-refractivity contribution in [3.8, 4) is 0 Å². The van der Waals surface area contributed by atoms with Crippen LogP contribution in [-0.2, 0) is 0 Å². The van der Waals surface area contributed by atoms with Gasteiger partial charge in [-0.15, -0.1) is 0 Å². The molecule has 0 spiro atoms. The number of anilines is 1. The van der Waals surface area contributed by atoms with Crippen LogP contribution in [0.4, 0.5) is 5.82 Å². The number of hydrogen-bond donors (Lipinski definition) is 1. The SMILES string of the molecule is CN(c1ncncc1Br)C1CCCCC1CN. The first kappa shape index (κ1) is 12.8. The molecule has 2 N–H and O–H groups in total. The molecule has 1 heterocycles. The molecule has 0 aliphatic heterocycles. The van der Waals surface area contributed by atoms with Crippen molar-refractivity contribution in [1.82, 2.24) is 9.97 Å². The van der Waals surface area contributed by atoms with Gasteiger partial charge in [0.15, 0.2) is 0 Å². The lowest BCUT2D eigenvalue weighted by atomic mass is 9.84. The largest absolute Gasteiger partial charge is 0.355 e. The Morgan fingerprint density at radius 3 is 2.94 bits per heavy atom. The highest BCUT2D eigenvalue weighted by atomic mass is 79.9. The summed E-state index contributed by atoms with van der Waals surface area (Å²) in [5.74, 6) is 1.54. The molecule has 1 aliphatic carbocycles. The zero-order valence-electron chi connectivity index (χ0n) is 10.1. The Morgan fingerprint density at radius 2 is 2.24 bits per heavy atom. The quantitative estimate of drug-likeness (QED) is 0.929. The Morgan fingerprint density at radius 1 is 1.47 bits per heavy atom. The molecule has 0 amide bonds. The molecule has 0 radical (unpaired) electrons. The number of rotatable bonds is 3. The van der Waals surface area contributed by atoms with Crippen molar-refractivity contribution < 1.29 is 0 Å². The molecule has 17 heavy (non-hydrogen) atoms. The summed E-state index contributed by atoms with van der Waals surface area (Å²) in [6, 6.07) is 0.500. The smallest absolute Gasteiger partial charge is 0.146 e. The lowest BCUT2D eigenvalue weighted by Crippen LogP contribution is -2.43. The van der Waals surface area contributed by atoms with Gasteiger partial charge in [0.05, 0.1) is 4.47 Å². The van der Waals surface area contributed by atoms with E-state index in [1.54, 1.807) is 12.5 Å². The van der Waals surface area contributed by atoms with Gasteiger partial charge in [0.1, 0.15) is 12.1 Å². The van der Waals surface area contributed by atoms with Gasteiger partial charge in [-0.05, 0) is 41.2 Å². The van der Waals surface area contributed by atoms with Crippen LogP contribution in [0.15, 0.2) is 17.0 Å². The van der Waals surface area contributed by atoms with Crippen LogP contribution in [-0.4, -0.2) is 29.6 Å². The van der Waals surface area contributed by atoms with Gasteiger partial charge in [-0.25, -0.2) is 9.97 Å². The first-order valence-corrected chi connectivity index (χ1v) is 6.91. The molecule has 0 aromatic carbocycles. The Labute approximate surface area is 111 Å². The Bertz CT molecular complexity index is 371. The van der Waals surface area contributed by atoms with Crippen LogP contribution in [0.5, 0.6) is 0 Å². The van der Waals surface area contributed by atoms with Gasteiger partial charge in [0.2, 0.25) is 0 Å². The van der Waals surface area contributed by atoms with Gasteiger partial charge < -0.3 is 10.6 Å². The number of aromatic nitrogens is 2. The van der Waals surface area contributed by atoms with Gasteiger partial charge >= 0.3 is 0 Å². The maximum atomic E-state index is 5.88. The first-order chi connectivity index (χ1) is 8.24. The second-order valence-electron chi connectivity index (χ2n) is 4.65. The van der Waals surface area contributed by atoms with E-state index >= 15 is 0 Å². The first-order valence-electron chi connectivity index (χ1n) is 6.12. The van der Waals surface area contributed by atoms with Crippen LogP contribution in [0.3, 0.4) is 0 Å². The average Bonchev–Trinajstić information content (AvgIpc) is 2.38. The van der Waals surface area contributed by atoms with Crippen LogP contribution in [0.1, 0.15) is 25.7 Å². The van der Waals surface area contributed by atoms with Crippen molar-refractivity contribution in [2.75, 3.05) is 18.5 Å². The van der Waals surface area contributed by atoms with Gasteiger partial charge in [0.25, 0.3) is 0 Å². The molecule has 5 heteroatoms. The van der Waals surface area contributed by atoms with Gasteiger partial charge in [-0.1, -0.05) is 12.8 Å². The number of nitrogens with two attached hydrogens (primary N) is 1. The fraction of sp³-hybridized carbons (Fsp3) is 0.667. The van der Waals surface area contributed by atoms with Crippen LogP contribution in [0.2, 0.25) is 0 Å². The van der Waals surface area contributed by atoms with E-state index in [4.69, 9.17) is 5.73 Å². The van der Waals surface area contributed by atoms with Crippen molar-refractivity contribution >= 4 is 21.7 Å². The van der Waals surface area contributed by atoms with Crippen LogP contribution >= 0.6 is 15.9 Å². The lowest BCUT2D eigenvalue weighted by molar-refractivity contribution is 0.305. The minimum absolute atomic E-state index is 0.500. The standard InChI is InChI=1S/C12H19BrN4/c1-17(12-10(13)7-15-8-16-12)11-5-3-2-4-9(11)6-14/h7-9,11H,2-6,14H2,1H3. The predicted octanol–water partition coefficient (Wildman–Crippen LogP) is 2.19. The number of halogens is 1. The van der Waals surface area contributed by atoms with E-state index in [0.29, 0.717) is 12.0 Å². The fourth-order valence-electron chi connectivity index (χ4n) is 2.70. The number of hydrogen-bond acceptors (Lipinski definition) is 4. The molecule has 1 fully saturated rings. The second-order valence-corrected chi connectivity index (χ2v) is 5.51. The third kappa shape index (κ3) is 2.77. The third-order valence-corrected chi connectivity index (χ3v) is 4.21. The Balaban J connectivity index is 2.18. The summed E-state index contributed by atoms with van der Waals surface area (Å²) in [6.45, 7) is 0.762. The molecule has 2 rings (SSSR count). The highest BCUT2D eigenvalue weighted by molar-refractivity contribution is 9.10. The number of nitrogens with zero attached hydrogens (tertiary/aromatic N) is 3. The molecule has 0 saturated heterocycles. The van der Waals surface area contributed by atoms with E-state index in [-0.39, 0.29) is 0 Å². The van der Waals surface area contributed by atoms with Gasteiger partial charge in [0, 0.05) is 19.3 Å². The Hall–Kier alpha value is -0.680. The Kier molecular flexibility index (Phi) is 4.34. The molecule has 4 nitrogen and oxygen atoms in total. The maximum Gasteiger partial charge on any atom is 0.146 e.